The highest BCUT2D eigenvalue weighted by atomic mass is 79.9. The number of piperidine rings is 1. The van der Waals surface area contributed by atoms with Crippen LogP contribution in [0.1, 0.15) is 25.3 Å². The number of carbonyl (C=O) groups excluding carboxylic acids is 3. The summed E-state index contributed by atoms with van der Waals surface area (Å²) >= 11 is 3.37. The first-order chi connectivity index (χ1) is 15.5. The average molecular weight is 502 g/mol. The van der Waals surface area contributed by atoms with Crippen LogP contribution in [0.4, 0.5) is 10.5 Å². The van der Waals surface area contributed by atoms with Crippen molar-refractivity contribution in [3.8, 4) is 0 Å². The summed E-state index contributed by atoms with van der Waals surface area (Å²) in [5, 5.41) is 5.60. The number of ether oxygens (including phenoxy) is 1. The molecule has 0 unspecified atom stereocenters. The van der Waals surface area contributed by atoms with Crippen LogP contribution >= 0.6 is 15.9 Å². The minimum absolute atomic E-state index is 0.200. The number of rotatable bonds is 7. The number of amides is 3. The van der Waals surface area contributed by atoms with Gasteiger partial charge in [-0.1, -0.05) is 46.3 Å². The SMILES string of the molecule is CCOC(=O)[C@H]1CCCN(C(=O)[C@@H](Cc2ccccc2)NC(=O)Nc2ccc(Br)cc2)C1. The van der Waals surface area contributed by atoms with E-state index in [0.29, 0.717) is 38.2 Å². The zero-order valence-electron chi connectivity index (χ0n) is 18.1. The Morgan fingerprint density at radius 2 is 1.84 bits per heavy atom. The molecule has 0 aromatic heterocycles. The number of urea groups is 1. The Hall–Kier alpha value is -2.87. The molecule has 0 aliphatic carbocycles. The van der Waals surface area contributed by atoms with Crippen molar-refractivity contribution in [2.45, 2.75) is 32.2 Å². The van der Waals surface area contributed by atoms with Gasteiger partial charge in [-0.2, -0.15) is 0 Å². The molecule has 1 aliphatic rings. The van der Waals surface area contributed by atoms with E-state index in [1.54, 1.807) is 24.0 Å². The predicted octanol–water partition coefficient (Wildman–Crippen LogP) is 3.98. The fourth-order valence-electron chi connectivity index (χ4n) is 3.76. The third-order valence-electron chi connectivity index (χ3n) is 5.34. The van der Waals surface area contributed by atoms with Crippen LogP contribution in [0, 0.1) is 5.92 Å². The molecular formula is C24H28BrN3O4. The number of nitrogens with one attached hydrogen (secondary N) is 2. The third-order valence-corrected chi connectivity index (χ3v) is 5.87. The molecule has 2 N–H and O–H groups in total. The molecular weight excluding hydrogens is 474 g/mol. The molecule has 8 heteroatoms. The monoisotopic (exact) mass is 501 g/mol. The van der Waals surface area contributed by atoms with Gasteiger partial charge in [0.15, 0.2) is 0 Å². The molecule has 0 radical (unpaired) electrons. The first-order valence-electron chi connectivity index (χ1n) is 10.8. The lowest BCUT2D eigenvalue weighted by Gasteiger charge is -2.34. The minimum Gasteiger partial charge on any atom is -0.466 e. The number of halogens is 1. The fourth-order valence-corrected chi connectivity index (χ4v) is 4.02. The predicted molar refractivity (Wildman–Crippen MR) is 126 cm³/mol. The molecule has 1 aliphatic heterocycles. The van der Waals surface area contributed by atoms with E-state index in [0.717, 1.165) is 16.5 Å². The second-order valence-electron chi connectivity index (χ2n) is 7.72. The maximum Gasteiger partial charge on any atom is 0.319 e. The van der Waals surface area contributed by atoms with E-state index in [-0.39, 0.29) is 17.8 Å². The van der Waals surface area contributed by atoms with E-state index in [1.807, 2.05) is 42.5 Å². The highest BCUT2D eigenvalue weighted by Crippen LogP contribution is 2.20. The Morgan fingerprint density at radius 1 is 1.12 bits per heavy atom. The third kappa shape index (κ3) is 6.82. The van der Waals surface area contributed by atoms with Crippen LogP contribution in [0.5, 0.6) is 0 Å². The van der Waals surface area contributed by atoms with Crippen LogP contribution in [0.25, 0.3) is 0 Å². The van der Waals surface area contributed by atoms with Crippen LogP contribution in [0.15, 0.2) is 59.1 Å². The molecule has 2 aromatic carbocycles. The number of hydrogen-bond acceptors (Lipinski definition) is 4. The Bertz CT molecular complexity index is 921. The van der Waals surface area contributed by atoms with Gasteiger partial charge in [0, 0.05) is 29.7 Å². The highest BCUT2D eigenvalue weighted by Gasteiger charge is 2.33. The lowest BCUT2D eigenvalue weighted by atomic mass is 9.96. The molecule has 0 saturated carbocycles. The number of esters is 1. The van der Waals surface area contributed by atoms with Crippen molar-refractivity contribution < 1.29 is 19.1 Å². The van der Waals surface area contributed by atoms with Crippen LogP contribution in [-0.4, -0.2) is 48.5 Å². The van der Waals surface area contributed by atoms with Gasteiger partial charge in [-0.15, -0.1) is 0 Å². The van der Waals surface area contributed by atoms with Crippen molar-refractivity contribution >= 4 is 39.5 Å². The van der Waals surface area contributed by atoms with Crippen molar-refractivity contribution in [3.63, 3.8) is 0 Å². The van der Waals surface area contributed by atoms with Gasteiger partial charge >= 0.3 is 12.0 Å². The second-order valence-corrected chi connectivity index (χ2v) is 8.64. The molecule has 32 heavy (non-hydrogen) atoms. The summed E-state index contributed by atoms with van der Waals surface area (Å²) in [7, 11) is 0. The summed E-state index contributed by atoms with van der Waals surface area (Å²) in [5.41, 5.74) is 1.56. The zero-order valence-corrected chi connectivity index (χ0v) is 19.6. The minimum atomic E-state index is -0.756. The smallest absolute Gasteiger partial charge is 0.319 e. The molecule has 1 heterocycles. The van der Waals surface area contributed by atoms with Crippen LogP contribution in [0.3, 0.4) is 0 Å². The van der Waals surface area contributed by atoms with Crippen LogP contribution in [0.2, 0.25) is 0 Å². The van der Waals surface area contributed by atoms with E-state index in [9.17, 15) is 14.4 Å². The van der Waals surface area contributed by atoms with Gasteiger partial charge in [0.2, 0.25) is 5.91 Å². The Kier molecular flexibility index (Phi) is 8.67. The number of nitrogens with zero attached hydrogens (tertiary/aromatic N) is 1. The molecule has 170 valence electrons. The topological polar surface area (TPSA) is 87.7 Å². The van der Waals surface area contributed by atoms with E-state index in [2.05, 4.69) is 26.6 Å². The van der Waals surface area contributed by atoms with Crippen molar-refractivity contribution in [2.75, 3.05) is 25.0 Å². The number of likely N-dealkylation sites (tertiary alicyclic amines) is 1. The number of anilines is 1. The van der Waals surface area contributed by atoms with Crippen molar-refractivity contribution in [3.05, 3.63) is 64.6 Å². The van der Waals surface area contributed by atoms with Gasteiger partial charge in [0.25, 0.3) is 0 Å². The normalized spacial score (nSPS) is 16.7. The molecule has 1 fully saturated rings. The van der Waals surface area contributed by atoms with Crippen molar-refractivity contribution in [2.24, 2.45) is 5.92 Å². The Balaban J connectivity index is 1.71. The van der Waals surface area contributed by atoms with Gasteiger partial charge < -0.3 is 20.3 Å². The van der Waals surface area contributed by atoms with E-state index >= 15 is 0 Å². The first-order valence-corrected chi connectivity index (χ1v) is 11.6. The lowest BCUT2D eigenvalue weighted by Crippen LogP contribution is -2.53. The molecule has 2 aromatic rings. The molecule has 3 amide bonds. The Morgan fingerprint density at radius 3 is 2.53 bits per heavy atom. The van der Waals surface area contributed by atoms with Gasteiger partial charge in [-0.05, 0) is 49.6 Å². The molecule has 2 atom stereocenters. The molecule has 0 spiro atoms. The number of hydrogen-bond donors (Lipinski definition) is 2. The van der Waals surface area contributed by atoms with Gasteiger partial charge in [-0.3, -0.25) is 9.59 Å². The average Bonchev–Trinajstić information content (AvgIpc) is 2.80. The zero-order chi connectivity index (χ0) is 22.9. The largest absolute Gasteiger partial charge is 0.466 e. The number of benzene rings is 2. The lowest BCUT2D eigenvalue weighted by molar-refractivity contribution is -0.151. The van der Waals surface area contributed by atoms with Gasteiger partial charge in [-0.25, -0.2) is 4.79 Å². The summed E-state index contributed by atoms with van der Waals surface area (Å²) in [5.74, 6) is -0.805. The second kappa shape index (κ2) is 11.7. The van der Waals surface area contributed by atoms with Gasteiger partial charge in [0.05, 0.1) is 12.5 Å². The van der Waals surface area contributed by atoms with Crippen LogP contribution in [-0.2, 0) is 20.7 Å². The molecule has 0 bridgehead atoms. The van der Waals surface area contributed by atoms with E-state index < -0.39 is 12.1 Å². The summed E-state index contributed by atoms with van der Waals surface area (Å²) in [6.07, 6.45) is 1.77. The standard InChI is InChI=1S/C24H28BrN3O4/c1-2-32-23(30)18-9-6-14-28(16-18)22(29)21(15-17-7-4-3-5-8-17)27-24(31)26-20-12-10-19(25)11-13-20/h3-5,7-8,10-13,18,21H,2,6,9,14-16H2,1H3,(H2,26,27,31)/t18-,21+/m0/s1. The summed E-state index contributed by atoms with van der Waals surface area (Å²) in [6, 6.07) is 15.5. The summed E-state index contributed by atoms with van der Waals surface area (Å²) in [6.45, 7) is 2.94. The first kappa shape index (κ1) is 23.8. The molecule has 7 nitrogen and oxygen atoms in total. The van der Waals surface area contributed by atoms with Crippen molar-refractivity contribution in [1.29, 1.82) is 0 Å². The fraction of sp³-hybridized carbons (Fsp3) is 0.375. The highest BCUT2D eigenvalue weighted by molar-refractivity contribution is 9.10. The van der Waals surface area contributed by atoms with Crippen molar-refractivity contribution in [1.82, 2.24) is 10.2 Å². The molecule has 3 rings (SSSR count). The quantitative estimate of drug-likeness (QED) is 0.561. The van der Waals surface area contributed by atoms with E-state index in [4.69, 9.17) is 4.74 Å². The van der Waals surface area contributed by atoms with Crippen LogP contribution < -0.4 is 10.6 Å². The summed E-state index contributed by atoms with van der Waals surface area (Å²) < 4.78 is 6.05. The van der Waals surface area contributed by atoms with E-state index in [1.165, 1.54) is 0 Å². The summed E-state index contributed by atoms with van der Waals surface area (Å²) in [4.78, 5) is 39.9. The number of carbonyl (C=O) groups is 3. The Labute approximate surface area is 196 Å². The maximum absolute atomic E-state index is 13.4. The maximum atomic E-state index is 13.4. The molecule has 1 saturated heterocycles. The van der Waals surface area contributed by atoms with Gasteiger partial charge in [0.1, 0.15) is 6.04 Å².